The SMILES string of the molecule is CC1CN(c2nc3ccccc3c3nnc(-c4ccccc4)n23)CCN1C(=O)Cc1ccccc1. The Hall–Kier alpha value is -4.26. The van der Waals surface area contributed by atoms with E-state index in [9.17, 15) is 4.79 Å². The van der Waals surface area contributed by atoms with Crippen molar-refractivity contribution in [2.24, 2.45) is 0 Å². The van der Waals surface area contributed by atoms with Crippen molar-refractivity contribution in [3.05, 3.63) is 90.5 Å². The maximum atomic E-state index is 13.1. The number of nitrogens with zero attached hydrogens (tertiary/aromatic N) is 6. The van der Waals surface area contributed by atoms with E-state index in [-0.39, 0.29) is 11.9 Å². The number of hydrogen-bond donors (Lipinski definition) is 0. The summed E-state index contributed by atoms with van der Waals surface area (Å²) in [4.78, 5) is 22.4. The normalized spacial score (nSPS) is 16.2. The van der Waals surface area contributed by atoms with Gasteiger partial charge in [0, 0.05) is 36.6 Å². The number of piperazine rings is 1. The highest BCUT2D eigenvalue weighted by Crippen LogP contribution is 2.29. The first-order valence-corrected chi connectivity index (χ1v) is 12.0. The van der Waals surface area contributed by atoms with Gasteiger partial charge in [-0.05, 0) is 24.6 Å². The van der Waals surface area contributed by atoms with E-state index in [0.29, 0.717) is 26.1 Å². The van der Waals surface area contributed by atoms with Gasteiger partial charge in [0.1, 0.15) is 0 Å². The zero-order valence-corrected chi connectivity index (χ0v) is 19.6. The van der Waals surface area contributed by atoms with Gasteiger partial charge < -0.3 is 9.80 Å². The van der Waals surface area contributed by atoms with E-state index in [1.807, 2.05) is 89.8 Å². The monoisotopic (exact) mass is 462 g/mol. The highest BCUT2D eigenvalue weighted by Gasteiger charge is 2.30. The third-order valence-corrected chi connectivity index (χ3v) is 6.69. The third kappa shape index (κ3) is 3.89. The molecule has 1 aliphatic heterocycles. The lowest BCUT2D eigenvalue weighted by Gasteiger charge is -2.40. The van der Waals surface area contributed by atoms with Gasteiger partial charge in [-0.3, -0.25) is 4.79 Å². The molecule has 2 aromatic heterocycles. The summed E-state index contributed by atoms with van der Waals surface area (Å²) in [5, 5.41) is 10.1. The molecule has 6 rings (SSSR count). The Morgan fingerprint density at radius 1 is 0.886 bits per heavy atom. The Balaban J connectivity index is 1.36. The Kier molecular flexibility index (Phi) is 5.37. The van der Waals surface area contributed by atoms with Crippen LogP contribution in [0.5, 0.6) is 0 Å². The second-order valence-corrected chi connectivity index (χ2v) is 9.02. The number of amides is 1. The van der Waals surface area contributed by atoms with Crippen LogP contribution in [0.15, 0.2) is 84.9 Å². The number of rotatable bonds is 4. The first-order valence-electron chi connectivity index (χ1n) is 12.0. The number of aromatic nitrogens is 4. The van der Waals surface area contributed by atoms with Crippen LogP contribution in [0.1, 0.15) is 12.5 Å². The number of para-hydroxylation sites is 1. The maximum Gasteiger partial charge on any atom is 0.227 e. The van der Waals surface area contributed by atoms with Crippen LogP contribution >= 0.6 is 0 Å². The molecule has 7 nitrogen and oxygen atoms in total. The Morgan fingerprint density at radius 2 is 1.60 bits per heavy atom. The fraction of sp³-hybridized carbons (Fsp3) is 0.214. The molecule has 0 N–H and O–H groups in total. The molecule has 35 heavy (non-hydrogen) atoms. The number of benzene rings is 3. The van der Waals surface area contributed by atoms with E-state index in [1.54, 1.807) is 0 Å². The quantitative estimate of drug-likeness (QED) is 0.400. The number of fused-ring (bicyclic) bond motifs is 3. The second kappa shape index (κ2) is 8.83. The minimum atomic E-state index is 0.0555. The van der Waals surface area contributed by atoms with Crippen LogP contribution in [0.3, 0.4) is 0 Å². The van der Waals surface area contributed by atoms with E-state index in [1.165, 1.54) is 0 Å². The molecule has 1 fully saturated rings. The van der Waals surface area contributed by atoms with Crippen LogP contribution in [-0.2, 0) is 11.2 Å². The van der Waals surface area contributed by atoms with E-state index >= 15 is 0 Å². The lowest BCUT2D eigenvalue weighted by Crippen LogP contribution is -2.55. The fourth-order valence-electron chi connectivity index (χ4n) is 4.93. The molecule has 5 aromatic rings. The van der Waals surface area contributed by atoms with Gasteiger partial charge in [0.05, 0.1) is 11.9 Å². The van der Waals surface area contributed by atoms with Gasteiger partial charge in [0.25, 0.3) is 0 Å². The lowest BCUT2D eigenvalue weighted by molar-refractivity contribution is -0.132. The van der Waals surface area contributed by atoms with E-state index in [4.69, 9.17) is 4.98 Å². The molecule has 0 spiro atoms. The smallest absolute Gasteiger partial charge is 0.227 e. The highest BCUT2D eigenvalue weighted by atomic mass is 16.2. The van der Waals surface area contributed by atoms with Gasteiger partial charge in [-0.15, -0.1) is 10.2 Å². The van der Waals surface area contributed by atoms with Crippen LogP contribution in [0.25, 0.3) is 27.9 Å². The molecule has 0 saturated carbocycles. The van der Waals surface area contributed by atoms with Crippen molar-refractivity contribution in [1.29, 1.82) is 0 Å². The van der Waals surface area contributed by atoms with Crippen LogP contribution in [0, 0.1) is 0 Å². The molecule has 1 amide bonds. The van der Waals surface area contributed by atoms with Crippen molar-refractivity contribution in [1.82, 2.24) is 24.5 Å². The standard InChI is InChI=1S/C28H26N6O/c1-20-19-32(16-17-33(20)25(35)18-21-10-4-2-5-11-21)28-29-24-15-9-8-14-23(24)27-31-30-26(34(27)28)22-12-6-3-7-13-22/h2-15,20H,16-19H2,1H3. The Morgan fingerprint density at radius 3 is 2.37 bits per heavy atom. The fourth-order valence-corrected chi connectivity index (χ4v) is 4.93. The minimum absolute atomic E-state index is 0.0555. The number of carbonyl (C=O) groups is 1. The molecule has 7 heteroatoms. The molecule has 1 aliphatic rings. The molecule has 0 bridgehead atoms. The molecule has 0 radical (unpaired) electrons. The lowest BCUT2D eigenvalue weighted by atomic mass is 10.1. The van der Waals surface area contributed by atoms with Crippen molar-refractivity contribution in [3.8, 4) is 11.4 Å². The number of hydrogen-bond acceptors (Lipinski definition) is 5. The van der Waals surface area contributed by atoms with Crippen molar-refractivity contribution in [2.45, 2.75) is 19.4 Å². The van der Waals surface area contributed by atoms with Gasteiger partial charge in [-0.2, -0.15) is 0 Å². The summed E-state index contributed by atoms with van der Waals surface area (Å²) in [6.07, 6.45) is 0.424. The van der Waals surface area contributed by atoms with Crippen LogP contribution in [0.2, 0.25) is 0 Å². The summed E-state index contributed by atoms with van der Waals surface area (Å²) in [7, 11) is 0. The van der Waals surface area contributed by atoms with Crippen LogP contribution in [0.4, 0.5) is 5.95 Å². The van der Waals surface area contributed by atoms with Crippen molar-refractivity contribution in [2.75, 3.05) is 24.5 Å². The van der Waals surface area contributed by atoms with Gasteiger partial charge in [-0.1, -0.05) is 72.8 Å². The first-order chi connectivity index (χ1) is 17.2. The molecule has 0 aliphatic carbocycles. The summed E-state index contributed by atoms with van der Waals surface area (Å²) in [5.74, 6) is 1.74. The van der Waals surface area contributed by atoms with Gasteiger partial charge in [-0.25, -0.2) is 9.38 Å². The summed E-state index contributed by atoms with van der Waals surface area (Å²) in [6.45, 7) is 4.13. The molecule has 1 saturated heterocycles. The third-order valence-electron chi connectivity index (χ3n) is 6.69. The van der Waals surface area contributed by atoms with Crippen molar-refractivity contribution >= 4 is 28.4 Å². The van der Waals surface area contributed by atoms with E-state index in [0.717, 1.165) is 39.4 Å². The zero-order chi connectivity index (χ0) is 23.8. The topological polar surface area (TPSA) is 66.6 Å². The minimum Gasteiger partial charge on any atom is -0.338 e. The zero-order valence-electron chi connectivity index (χ0n) is 19.6. The van der Waals surface area contributed by atoms with Crippen LogP contribution in [-0.4, -0.2) is 56.1 Å². The molecular weight excluding hydrogens is 436 g/mol. The largest absolute Gasteiger partial charge is 0.338 e. The predicted molar refractivity (Wildman–Crippen MR) is 137 cm³/mol. The Bertz CT molecular complexity index is 1500. The molecule has 3 heterocycles. The molecule has 3 aromatic carbocycles. The van der Waals surface area contributed by atoms with E-state index in [2.05, 4.69) is 26.4 Å². The van der Waals surface area contributed by atoms with Crippen molar-refractivity contribution in [3.63, 3.8) is 0 Å². The molecule has 174 valence electrons. The number of carbonyl (C=O) groups excluding carboxylic acids is 1. The Labute approximate surface area is 203 Å². The second-order valence-electron chi connectivity index (χ2n) is 9.02. The molecule has 1 atom stereocenters. The molecular formula is C28H26N6O. The average Bonchev–Trinajstić information content (AvgIpc) is 3.35. The van der Waals surface area contributed by atoms with Gasteiger partial charge >= 0.3 is 0 Å². The average molecular weight is 463 g/mol. The van der Waals surface area contributed by atoms with Gasteiger partial charge in [0.2, 0.25) is 11.9 Å². The van der Waals surface area contributed by atoms with E-state index < -0.39 is 0 Å². The highest BCUT2D eigenvalue weighted by molar-refractivity contribution is 5.93. The molecule has 1 unspecified atom stereocenters. The number of anilines is 1. The maximum absolute atomic E-state index is 13.1. The summed E-state index contributed by atoms with van der Waals surface area (Å²) in [5.41, 5.74) is 3.71. The van der Waals surface area contributed by atoms with Crippen molar-refractivity contribution < 1.29 is 4.79 Å². The first kappa shape index (κ1) is 21.3. The van der Waals surface area contributed by atoms with Crippen LogP contribution < -0.4 is 4.90 Å². The summed E-state index contributed by atoms with van der Waals surface area (Å²) >= 11 is 0. The summed E-state index contributed by atoms with van der Waals surface area (Å²) in [6, 6.07) is 28.1. The van der Waals surface area contributed by atoms with Gasteiger partial charge in [0.15, 0.2) is 11.5 Å². The predicted octanol–water partition coefficient (Wildman–Crippen LogP) is 4.22. The summed E-state index contributed by atoms with van der Waals surface area (Å²) < 4.78 is 2.06.